The Labute approximate surface area is 163 Å². The zero-order chi connectivity index (χ0) is 19.3. The molecular weight excluding hydrogens is 354 g/mol. The lowest BCUT2D eigenvalue weighted by molar-refractivity contribution is -0.126. The van der Waals surface area contributed by atoms with Crippen LogP contribution in [0, 0.1) is 0 Å². The number of aliphatic imine (C=N–C) groups is 1. The largest absolute Gasteiger partial charge is 0.375 e. The van der Waals surface area contributed by atoms with E-state index in [1.165, 1.54) is 24.1 Å². The molecule has 1 atom stereocenters. The second-order valence-corrected chi connectivity index (χ2v) is 7.58. The Hall–Kier alpha value is -2.80. The van der Waals surface area contributed by atoms with Crippen molar-refractivity contribution in [2.45, 2.75) is 38.2 Å². The predicted molar refractivity (Wildman–Crippen MR) is 105 cm³/mol. The molecule has 2 aromatic rings. The Morgan fingerprint density at radius 3 is 2.93 bits per heavy atom. The average molecular weight is 377 g/mol. The van der Waals surface area contributed by atoms with E-state index in [1.54, 1.807) is 13.4 Å². The van der Waals surface area contributed by atoms with Crippen LogP contribution in [0.4, 0.5) is 0 Å². The smallest absolute Gasteiger partial charge is 0.248 e. The molecule has 2 aromatic heterocycles. The van der Waals surface area contributed by atoms with Gasteiger partial charge in [-0.1, -0.05) is 0 Å². The summed E-state index contributed by atoms with van der Waals surface area (Å²) in [4.78, 5) is 28.2. The molecule has 0 radical (unpaired) electrons. The highest BCUT2D eigenvalue weighted by Gasteiger charge is 2.34. The maximum absolute atomic E-state index is 12.7. The minimum atomic E-state index is -0.0963. The molecule has 7 heteroatoms. The Balaban J connectivity index is 1.58. The van der Waals surface area contributed by atoms with Crippen molar-refractivity contribution >= 4 is 17.4 Å². The topological polar surface area (TPSA) is 72.6 Å². The molecule has 0 aromatic carbocycles. The molecule has 1 saturated carbocycles. The van der Waals surface area contributed by atoms with Crippen LogP contribution in [-0.2, 0) is 16.0 Å². The van der Waals surface area contributed by atoms with Gasteiger partial charge in [0.2, 0.25) is 5.91 Å². The lowest BCUT2D eigenvalue weighted by atomic mass is 9.93. The standard InChI is InChI=1S/C21H23N5O2/c1-13(28-2)17-11-25(12-24-17)19-9-18-15-5-7-22-21(14-3-4-14)16(15)6-8-26(18)20(27)10-23-19/h5,7,9,11-14H,3-4,6,8,10H2,1-2H3. The van der Waals surface area contributed by atoms with Gasteiger partial charge in [-0.25, -0.2) is 4.98 Å². The van der Waals surface area contributed by atoms with Crippen molar-refractivity contribution in [1.29, 1.82) is 0 Å². The van der Waals surface area contributed by atoms with E-state index in [0.717, 1.165) is 23.4 Å². The molecule has 0 N–H and O–H groups in total. The Morgan fingerprint density at radius 1 is 1.29 bits per heavy atom. The Morgan fingerprint density at radius 2 is 2.14 bits per heavy atom. The summed E-state index contributed by atoms with van der Waals surface area (Å²) >= 11 is 0. The molecule has 3 aliphatic rings. The van der Waals surface area contributed by atoms with E-state index in [2.05, 4.69) is 15.0 Å². The maximum atomic E-state index is 12.7. The lowest BCUT2D eigenvalue weighted by Gasteiger charge is -2.31. The lowest BCUT2D eigenvalue weighted by Crippen LogP contribution is -2.36. The molecule has 1 unspecified atom stereocenters. The van der Waals surface area contributed by atoms with Crippen LogP contribution >= 0.6 is 0 Å². The first-order chi connectivity index (χ1) is 13.7. The number of pyridine rings is 1. The van der Waals surface area contributed by atoms with Crippen molar-refractivity contribution in [1.82, 2.24) is 19.4 Å². The molecule has 28 heavy (non-hydrogen) atoms. The minimum absolute atomic E-state index is 0.0299. The first-order valence-electron chi connectivity index (χ1n) is 9.77. The number of hydrogen-bond acceptors (Lipinski definition) is 5. The number of methoxy groups -OCH3 is 1. The molecule has 0 spiro atoms. The predicted octanol–water partition coefficient (Wildman–Crippen LogP) is 2.55. The van der Waals surface area contributed by atoms with E-state index in [4.69, 9.17) is 4.74 Å². The first-order valence-corrected chi connectivity index (χ1v) is 9.77. The third kappa shape index (κ3) is 2.86. The number of imidazole rings is 1. The number of ether oxygens (including phenoxy) is 1. The van der Waals surface area contributed by atoms with Crippen molar-refractivity contribution in [3.63, 3.8) is 0 Å². The molecular formula is C21H23N5O2. The summed E-state index contributed by atoms with van der Waals surface area (Å²) in [6.45, 7) is 2.77. The summed E-state index contributed by atoms with van der Waals surface area (Å²) in [6.07, 6.45) is 10.7. The molecule has 144 valence electrons. The summed E-state index contributed by atoms with van der Waals surface area (Å²) in [5.41, 5.74) is 5.37. The number of carbonyl (C=O) groups excluding carboxylic acids is 1. The second-order valence-electron chi connectivity index (χ2n) is 7.58. The van der Waals surface area contributed by atoms with Gasteiger partial charge in [0.15, 0.2) is 0 Å². The number of nitrogens with zero attached hydrogens (tertiary/aromatic N) is 5. The van der Waals surface area contributed by atoms with Crippen LogP contribution < -0.4 is 0 Å². The van der Waals surface area contributed by atoms with E-state index < -0.39 is 0 Å². The molecule has 4 heterocycles. The summed E-state index contributed by atoms with van der Waals surface area (Å²) < 4.78 is 7.22. The fourth-order valence-electron chi connectivity index (χ4n) is 3.98. The minimum Gasteiger partial charge on any atom is -0.375 e. The van der Waals surface area contributed by atoms with Crippen LogP contribution in [0.2, 0.25) is 0 Å². The molecule has 2 aliphatic heterocycles. The Kier molecular flexibility index (Phi) is 4.12. The molecule has 1 aliphatic carbocycles. The van der Waals surface area contributed by atoms with Gasteiger partial charge in [0.05, 0.1) is 17.5 Å². The third-order valence-corrected chi connectivity index (χ3v) is 5.79. The third-order valence-electron chi connectivity index (χ3n) is 5.79. The quantitative estimate of drug-likeness (QED) is 0.824. The van der Waals surface area contributed by atoms with Crippen LogP contribution in [-0.4, -0.2) is 51.4 Å². The number of hydrogen-bond donors (Lipinski definition) is 0. The van der Waals surface area contributed by atoms with Crippen LogP contribution in [0.15, 0.2) is 35.9 Å². The van der Waals surface area contributed by atoms with Crippen molar-refractivity contribution in [2.75, 3.05) is 20.2 Å². The van der Waals surface area contributed by atoms with E-state index in [1.807, 2.05) is 40.9 Å². The van der Waals surface area contributed by atoms with Gasteiger partial charge in [0.25, 0.3) is 0 Å². The van der Waals surface area contributed by atoms with Gasteiger partial charge in [0.1, 0.15) is 18.7 Å². The zero-order valence-electron chi connectivity index (χ0n) is 16.1. The van der Waals surface area contributed by atoms with Gasteiger partial charge >= 0.3 is 0 Å². The summed E-state index contributed by atoms with van der Waals surface area (Å²) in [5.74, 6) is 1.33. The van der Waals surface area contributed by atoms with Gasteiger partial charge < -0.3 is 9.64 Å². The molecule has 1 fully saturated rings. The molecule has 0 saturated heterocycles. The summed E-state index contributed by atoms with van der Waals surface area (Å²) in [6, 6.07) is 2.03. The SMILES string of the molecule is COC(C)c1cn(C2=NCC(=O)N3CCc4c(ccnc4C4CC4)C3=C2)cn1. The number of rotatable bonds is 3. The fraction of sp³-hybridized carbons (Fsp3) is 0.429. The monoisotopic (exact) mass is 377 g/mol. The fourth-order valence-corrected chi connectivity index (χ4v) is 3.98. The maximum Gasteiger partial charge on any atom is 0.248 e. The van der Waals surface area contributed by atoms with Gasteiger partial charge in [-0.15, -0.1) is 0 Å². The number of carbonyl (C=O) groups is 1. The highest BCUT2D eigenvalue weighted by Crippen LogP contribution is 2.43. The van der Waals surface area contributed by atoms with E-state index in [9.17, 15) is 4.79 Å². The van der Waals surface area contributed by atoms with Gasteiger partial charge in [-0.2, -0.15) is 0 Å². The van der Waals surface area contributed by atoms with Crippen molar-refractivity contribution < 1.29 is 9.53 Å². The van der Waals surface area contributed by atoms with Gasteiger partial charge in [-0.05, 0) is 37.8 Å². The summed E-state index contributed by atoms with van der Waals surface area (Å²) in [5, 5.41) is 0. The number of aromatic nitrogens is 3. The van der Waals surface area contributed by atoms with E-state index >= 15 is 0 Å². The first kappa shape index (κ1) is 17.3. The number of fused-ring (bicyclic) bond motifs is 3. The molecule has 7 nitrogen and oxygen atoms in total. The Bertz CT molecular complexity index is 1000. The van der Waals surface area contributed by atoms with Crippen LogP contribution in [0.25, 0.3) is 5.70 Å². The van der Waals surface area contributed by atoms with Gasteiger partial charge in [-0.3, -0.25) is 19.3 Å². The number of amides is 1. The van der Waals surface area contributed by atoms with Crippen LogP contribution in [0.5, 0.6) is 0 Å². The average Bonchev–Trinajstić information content (AvgIpc) is 3.48. The molecule has 5 rings (SSSR count). The van der Waals surface area contributed by atoms with Crippen molar-refractivity contribution in [3.8, 4) is 0 Å². The molecule has 1 amide bonds. The van der Waals surface area contributed by atoms with Crippen LogP contribution in [0.1, 0.15) is 54.3 Å². The highest BCUT2D eigenvalue weighted by molar-refractivity contribution is 6.06. The highest BCUT2D eigenvalue weighted by atomic mass is 16.5. The second kappa shape index (κ2) is 6.67. The summed E-state index contributed by atoms with van der Waals surface area (Å²) in [7, 11) is 1.66. The van der Waals surface area contributed by atoms with Gasteiger partial charge in [0, 0.05) is 49.3 Å². The van der Waals surface area contributed by atoms with Crippen molar-refractivity contribution in [2.24, 2.45) is 4.99 Å². The van der Waals surface area contributed by atoms with Crippen LogP contribution in [0.3, 0.4) is 0 Å². The molecule has 0 bridgehead atoms. The van der Waals surface area contributed by atoms with Crippen molar-refractivity contribution in [3.05, 3.63) is 53.4 Å². The van der Waals surface area contributed by atoms with E-state index in [0.29, 0.717) is 18.3 Å². The number of allylic oxidation sites excluding steroid dienone is 1. The zero-order valence-corrected chi connectivity index (χ0v) is 16.1. The normalized spacial score (nSPS) is 20.1. The van der Waals surface area contributed by atoms with E-state index in [-0.39, 0.29) is 18.6 Å².